The van der Waals surface area contributed by atoms with Crippen LogP contribution in [-0.4, -0.2) is 53.8 Å². The van der Waals surface area contributed by atoms with Crippen LogP contribution >= 0.6 is 0 Å². The molecule has 2 amide bonds. The summed E-state index contributed by atoms with van der Waals surface area (Å²) >= 11 is 0. The van der Waals surface area contributed by atoms with Crippen molar-refractivity contribution in [2.45, 2.75) is 25.9 Å². The van der Waals surface area contributed by atoms with Gasteiger partial charge in [-0.15, -0.1) is 13.2 Å². The first-order valence-electron chi connectivity index (χ1n) is 8.62. The molecule has 25 heavy (non-hydrogen) atoms. The molecule has 1 fully saturated rings. The van der Waals surface area contributed by atoms with Crippen molar-refractivity contribution in [3.63, 3.8) is 0 Å². The summed E-state index contributed by atoms with van der Waals surface area (Å²) in [6, 6.07) is 7.83. The molecule has 1 N–H and O–H groups in total. The summed E-state index contributed by atoms with van der Waals surface area (Å²) in [5.74, 6) is -0.139. The average Bonchev–Trinajstić information content (AvgIpc) is 2.59. The van der Waals surface area contributed by atoms with Gasteiger partial charge in [-0.2, -0.15) is 0 Å². The van der Waals surface area contributed by atoms with Crippen molar-refractivity contribution in [2.75, 3.05) is 26.2 Å². The highest BCUT2D eigenvalue weighted by atomic mass is 16.2. The lowest BCUT2D eigenvalue weighted by Crippen LogP contribution is -2.56. The molecular formula is C20H27N3O2. The van der Waals surface area contributed by atoms with Crippen molar-refractivity contribution in [1.82, 2.24) is 15.1 Å². The van der Waals surface area contributed by atoms with E-state index in [1.54, 1.807) is 17.1 Å². The molecule has 1 saturated heterocycles. The molecule has 1 atom stereocenters. The van der Waals surface area contributed by atoms with Crippen LogP contribution in [0.2, 0.25) is 0 Å². The molecule has 1 heterocycles. The number of hydrogen-bond acceptors (Lipinski definition) is 3. The summed E-state index contributed by atoms with van der Waals surface area (Å²) in [7, 11) is 0. The van der Waals surface area contributed by atoms with Gasteiger partial charge in [0.1, 0.15) is 0 Å². The zero-order valence-corrected chi connectivity index (χ0v) is 14.9. The van der Waals surface area contributed by atoms with Crippen LogP contribution < -0.4 is 5.32 Å². The van der Waals surface area contributed by atoms with E-state index in [0.717, 1.165) is 12.1 Å². The van der Waals surface area contributed by atoms with Gasteiger partial charge in [-0.3, -0.25) is 14.5 Å². The van der Waals surface area contributed by atoms with Crippen LogP contribution in [0.3, 0.4) is 0 Å². The molecule has 134 valence electrons. The number of nitrogens with one attached hydrogen (secondary N) is 1. The number of amides is 2. The van der Waals surface area contributed by atoms with Gasteiger partial charge in [0.25, 0.3) is 0 Å². The Morgan fingerprint density at radius 1 is 1.28 bits per heavy atom. The Balaban J connectivity index is 2.08. The fourth-order valence-electron chi connectivity index (χ4n) is 2.99. The Morgan fingerprint density at radius 3 is 2.52 bits per heavy atom. The summed E-state index contributed by atoms with van der Waals surface area (Å²) in [6.07, 6.45) is 3.54. The van der Waals surface area contributed by atoms with Crippen molar-refractivity contribution in [3.8, 4) is 0 Å². The maximum absolute atomic E-state index is 12.6. The van der Waals surface area contributed by atoms with Crippen LogP contribution in [0.25, 0.3) is 0 Å². The predicted octanol–water partition coefficient (Wildman–Crippen LogP) is 1.89. The molecule has 0 spiro atoms. The number of carbonyl (C=O) groups excluding carboxylic acids is 2. The van der Waals surface area contributed by atoms with E-state index in [9.17, 15) is 9.59 Å². The van der Waals surface area contributed by atoms with Crippen molar-refractivity contribution in [3.05, 3.63) is 60.7 Å². The number of aryl methyl sites for hydroxylation is 1. The molecule has 0 bridgehead atoms. The lowest BCUT2D eigenvalue weighted by atomic mass is 10.1. The zero-order valence-electron chi connectivity index (χ0n) is 14.9. The third-order valence-electron chi connectivity index (χ3n) is 4.37. The molecule has 0 aliphatic carbocycles. The van der Waals surface area contributed by atoms with Gasteiger partial charge in [0.15, 0.2) is 0 Å². The lowest BCUT2D eigenvalue weighted by molar-refractivity contribution is -0.138. The first-order valence-corrected chi connectivity index (χ1v) is 8.62. The average molecular weight is 341 g/mol. The molecule has 2 rings (SSSR count). The molecule has 0 radical (unpaired) electrons. The molecule has 5 heteroatoms. The smallest absolute Gasteiger partial charge is 0.237 e. The maximum Gasteiger partial charge on any atom is 0.237 e. The van der Waals surface area contributed by atoms with Gasteiger partial charge in [-0.1, -0.05) is 42.0 Å². The van der Waals surface area contributed by atoms with Gasteiger partial charge in [0, 0.05) is 32.7 Å². The summed E-state index contributed by atoms with van der Waals surface area (Å²) in [5, 5.41) is 2.87. The minimum absolute atomic E-state index is 0.0595. The number of piperazine rings is 1. The van der Waals surface area contributed by atoms with Crippen molar-refractivity contribution >= 4 is 11.8 Å². The second-order valence-electron chi connectivity index (χ2n) is 6.34. The summed E-state index contributed by atoms with van der Waals surface area (Å²) in [4.78, 5) is 28.7. The second kappa shape index (κ2) is 9.18. The monoisotopic (exact) mass is 341 g/mol. The second-order valence-corrected chi connectivity index (χ2v) is 6.34. The number of nitrogens with zero attached hydrogens (tertiary/aromatic N) is 2. The molecule has 5 nitrogen and oxygen atoms in total. The number of carbonyl (C=O) groups is 2. The maximum atomic E-state index is 12.6. The molecule has 1 aromatic rings. The van der Waals surface area contributed by atoms with Crippen molar-refractivity contribution in [1.29, 1.82) is 0 Å². The first-order chi connectivity index (χ1) is 12.0. The minimum atomic E-state index is -0.445. The van der Waals surface area contributed by atoms with E-state index < -0.39 is 6.04 Å². The Hall–Kier alpha value is -2.40. The van der Waals surface area contributed by atoms with E-state index in [1.165, 1.54) is 5.56 Å². The Kier molecular flexibility index (Phi) is 6.95. The van der Waals surface area contributed by atoms with E-state index in [0.29, 0.717) is 26.2 Å². The molecule has 0 aromatic heterocycles. The highest BCUT2D eigenvalue weighted by Gasteiger charge is 2.32. The van der Waals surface area contributed by atoms with Gasteiger partial charge in [0.2, 0.25) is 11.8 Å². The number of rotatable bonds is 8. The van der Waals surface area contributed by atoms with Crippen molar-refractivity contribution < 1.29 is 9.59 Å². The van der Waals surface area contributed by atoms with Crippen LogP contribution in [0.4, 0.5) is 0 Å². The minimum Gasteiger partial charge on any atom is -0.353 e. The highest BCUT2D eigenvalue weighted by molar-refractivity contribution is 5.89. The van der Waals surface area contributed by atoms with E-state index in [-0.39, 0.29) is 18.2 Å². The Morgan fingerprint density at radius 2 is 1.92 bits per heavy atom. The van der Waals surface area contributed by atoms with E-state index in [4.69, 9.17) is 0 Å². The quantitative estimate of drug-likeness (QED) is 0.735. The standard InChI is InChI=1S/C20H27N3O2/c1-4-11-22(12-5-2)19(24)14-18-20(25)21-10-13-23(18)15-17-8-6-16(3)7-9-17/h4-9,18H,1-2,10-15H2,3H3,(H,21,25)/t18-/m0/s1. The zero-order chi connectivity index (χ0) is 18.2. The van der Waals surface area contributed by atoms with Gasteiger partial charge in [-0.05, 0) is 12.5 Å². The van der Waals surface area contributed by atoms with Crippen LogP contribution in [0.15, 0.2) is 49.6 Å². The fraction of sp³-hybridized carbons (Fsp3) is 0.400. The molecule has 0 unspecified atom stereocenters. The molecule has 1 aliphatic heterocycles. The summed E-state index contributed by atoms with van der Waals surface area (Å²) in [5.41, 5.74) is 2.35. The predicted molar refractivity (Wildman–Crippen MR) is 100.0 cm³/mol. The first kappa shape index (κ1) is 18.9. The van der Waals surface area contributed by atoms with Gasteiger partial charge >= 0.3 is 0 Å². The van der Waals surface area contributed by atoms with E-state index in [1.807, 2.05) is 6.92 Å². The summed E-state index contributed by atoms with van der Waals surface area (Å²) < 4.78 is 0. The topological polar surface area (TPSA) is 52.7 Å². The van der Waals surface area contributed by atoms with E-state index >= 15 is 0 Å². The van der Waals surface area contributed by atoms with Crippen LogP contribution in [-0.2, 0) is 16.1 Å². The third kappa shape index (κ3) is 5.29. The Labute approximate surface area is 150 Å². The van der Waals surface area contributed by atoms with Gasteiger partial charge in [0.05, 0.1) is 12.5 Å². The fourth-order valence-corrected chi connectivity index (χ4v) is 2.99. The highest BCUT2D eigenvalue weighted by Crippen LogP contribution is 2.15. The number of hydrogen-bond donors (Lipinski definition) is 1. The van der Waals surface area contributed by atoms with E-state index in [2.05, 4.69) is 47.6 Å². The SMILES string of the molecule is C=CCN(CC=C)C(=O)C[C@H]1C(=O)NCCN1Cc1ccc(C)cc1. The van der Waals surface area contributed by atoms with Crippen molar-refractivity contribution in [2.24, 2.45) is 0 Å². The van der Waals surface area contributed by atoms with Crippen LogP contribution in [0.1, 0.15) is 17.5 Å². The number of benzene rings is 1. The van der Waals surface area contributed by atoms with Gasteiger partial charge in [-0.25, -0.2) is 0 Å². The Bertz CT molecular complexity index is 614. The third-order valence-corrected chi connectivity index (χ3v) is 4.37. The summed E-state index contributed by atoms with van der Waals surface area (Å²) in [6.45, 7) is 12.3. The van der Waals surface area contributed by atoms with Gasteiger partial charge < -0.3 is 10.2 Å². The molecule has 1 aromatic carbocycles. The normalized spacial score (nSPS) is 17.6. The molecule has 0 saturated carbocycles. The van der Waals surface area contributed by atoms with Crippen LogP contribution in [0, 0.1) is 6.92 Å². The lowest BCUT2D eigenvalue weighted by Gasteiger charge is -2.35. The van der Waals surface area contributed by atoms with Crippen LogP contribution in [0.5, 0.6) is 0 Å². The molecular weight excluding hydrogens is 314 g/mol. The largest absolute Gasteiger partial charge is 0.353 e. The molecule has 1 aliphatic rings.